The third kappa shape index (κ3) is 2.67. The normalized spacial score (nSPS) is 10.4. The number of benzene rings is 3. The van der Waals surface area contributed by atoms with Gasteiger partial charge in [-0.15, -0.1) is 0 Å². The maximum atomic E-state index is 13.8. The highest BCUT2D eigenvalue weighted by atomic mass is 35.5. The molecule has 22 heavy (non-hydrogen) atoms. The third-order valence-corrected chi connectivity index (χ3v) is 3.38. The monoisotopic (exact) mass is 313 g/mol. The predicted molar refractivity (Wildman–Crippen MR) is 81.8 cm³/mol. The molecule has 0 unspecified atom stereocenters. The van der Waals surface area contributed by atoms with Crippen molar-refractivity contribution in [3.05, 3.63) is 64.9 Å². The van der Waals surface area contributed by atoms with Crippen molar-refractivity contribution >= 4 is 22.4 Å². The lowest BCUT2D eigenvalue weighted by Gasteiger charge is -2.11. The Hall–Kier alpha value is -2.77. The number of fused-ring (bicyclic) bond motifs is 1. The van der Waals surface area contributed by atoms with Crippen LogP contribution in [0.3, 0.4) is 0 Å². The van der Waals surface area contributed by atoms with Crippen LogP contribution in [-0.2, 0) is 0 Å². The summed E-state index contributed by atoms with van der Waals surface area (Å²) in [6, 6.07) is 13.8. The van der Waals surface area contributed by atoms with Gasteiger partial charge in [0.05, 0.1) is 11.6 Å². The topological polar surface area (TPSA) is 53.2 Å². The van der Waals surface area contributed by atoms with Crippen LogP contribution in [0.2, 0.25) is 5.02 Å². The Morgan fingerprint density at radius 2 is 1.86 bits per heavy atom. The maximum absolute atomic E-state index is 13.8. The van der Waals surface area contributed by atoms with Gasteiger partial charge in [0.1, 0.15) is 11.6 Å². The van der Waals surface area contributed by atoms with Gasteiger partial charge in [-0.25, -0.2) is 4.39 Å². The van der Waals surface area contributed by atoms with Crippen LogP contribution in [-0.4, -0.2) is 5.11 Å². The number of ether oxygens (including phenoxy) is 1. The van der Waals surface area contributed by atoms with Crippen LogP contribution in [0.5, 0.6) is 17.2 Å². The molecule has 1 N–H and O–H groups in total. The fraction of sp³-hybridized carbons (Fsp3) is 0. The average Bonchev–Trinajstić information content (AvgIpc) is 2.49. The molecule has 0 aliphatic carbocycles. The third-order valence-electron chi connectivity index (χ3n) is 3.15. The Balaban J connectivity index is 2.12. The number of phenolic OH excluding ortho intramolecular Hbond substituents is 1. The highest BCUT2D eigenvalue weighted by Gasteiger charge is 2.10. The van der Waals surface area contributed by atoms with E-state index in [0.29, 0.717) is 21.4 Å². The highest BCUT2D eigenvalue weighted by molar-refractivity contribution is 6.30. The van der Waals surface area contributed by atoms with Gasteiger partial charge in [-0.1, -0.05) is 11.6 Å². The van der Waals surface area contributed by atoms with Crippen LogP contribution in [0.15, 0.2) is 48.5 Å². The number of aromatic hydroxyl groups is 1. The molecule has 0 aromatic heterocycles. The lowest BCUT2D eigenvalue weighted by atomic mass is 10.1. The Kier molecular flexibility index (Phi) is 3.58. The summed E-state index contributed by atoms with van der Waals surface area (Å²) in [5.41, 5.74) is 0.429. The van der Waals surface area contributed by atoms with Crippen LogP contribution < -0.4 is 4.74 Å². The minimum absolute atomic E-state index is 0.140. The summed E-state index contributed by atoms with van der Waals surface area (Å²) in [4.78, 5) is 0. The molecule has 0 fully saturated rings. The Morgan fingerprint density at radius 1 is 1.05 bits per heavy atom. The zero-order valence-electron chi connectivity index (χ0n) is 11.2. The molecule has 0 radical (unpaired) electrons. The second-order valence-corrected chi connectivity index (χ2v) is 5.10. The van der Waals surface area contributed by atoms with E-state index in [4.69, 9.17) is 21.6 Å². The van der Waals surface area contributed by atoms with Gasteiger partial charge in [0, 0.05) is 22.5 Å². The van der Waals surface area contributed by atoms with Gasteiger partial charge in [-0.05, 0) is 41.8 Å². The fourth-order valence-corrected chi connectivity index (χ4v) is 2.32. The summed E-state index contributed by atoms with van der Waals surface area (Å²) in [5.74, 6) is -0.220. The van der Waals surface area contributed by atoms with Crippen molar-refractivity contribution in [2.24, 2.45) is 0 Å². The van der Waals surface area contributed by atoms with E-state index < -0.39 is 5.82 Å². The minimum atomic E-state index is -0.494. The van der Waals surface area contributed by atoms with E-state index in [-0.39, 0.29) is 17.2 Å². The summed E-state index contributed by atoms with van der Waals surface area (Å²) in [7, 11) is 0. The second kappa shape index (κ2) is 5.55. The van der Waals surface area contributed by atoms with Crippen molar-refractivity contribution < 1.29 is 14.2 Å². The van der Waals surface area contributed by atoms with Crippen molar-refractivity contribution in [1.29, 1.82) is 5.26 Å². The van der Waals surface area contributed by atoms with Crippen molar-refractivity contribution in [3.63, 3.8) is 0 Å². The molecule has 0 spiro atoms. The zero-order chi connectivity index (χ0) is 15.7. The minimum Gasteiger partial charge on any atom is -0.504 e. The van der Waals surface area contributed by atoms with Gasteiger partial charge < -0.3 is 9.84 Å². The van der Waals surface area contributed by atoms with E-state index in [1.807, 2.05) is 6.07 Å². The van der Waals surface area contributed by atoms with Gasteiger partial charge in [0.2, 0.25) is 0 Å². The number of rotatable bonds is 2. The summed E-state index contributed by atoms with van der Waals surface area (Å²) >= 11 is 5.77. The first-order valence-corrected chi connectivity index (χ1v) is 6.74. The number of nitrogens with zero attached hydrogens (tertiary/aromatic N) is 1. The SMILES string of the molecule is N#Cc1ccc2c(Oc3ccc(Cl)cc3O)cc(F)cc2c1. The molecule has 3 nitrogen and oxygen atoms in total. The van der Waals surface area contributed by atoms with Gasteiger partial charge in [-0.3, -0.25) is 0 Å². The van der Waals surface area contributed by atoms with Gasteiger partial charge in [-0.2, -0.15) is 5.26 Å². The molecule has 5 heteroatoms. The van der Waals surface area contributed by atoms with Crippen LogP contribution >= 0.6 is 11.6 Å². The first-order valence-electron chi connectivity index (χ1n) is 6.36. The number of hydrogen-bond acceptors (Lipinski definition) is 3. The number of hydrogen-bond donors (Lipinski definition) is 1. The van der Waals surface area contributed by atoms with Crippen LogP contribution in [0.1, 0.15) is 5.56 Å². The Labute approximate surface area is 130 Å². The highest BCUT2D eigenvalue weighted by Crippen LogP contribution is 2.36. The predicted octanol–water partition coefficient (Wildman–Crippen LogP) is 5.00. The molecular formula is C17H9ClFNO2. The van der Waals surface area contributed by atoms with Crippen LogP contribution in [0, 0.1) is 17.1 Å². The first-order chi connectivity index (χ1) is 10.6. The molecular weight excluding hydrogens is 305 g/mol. The zero-order valence-corrected chi connectivity index (χ0v) is 11.9. The smallest absolute Gasteiger partial charge is 0.169 e. The summed E-state index contributed by atoms with van der Waals surface area (Å²) in [6.45, 7) is 0. The Morgan fingerprint density at radius 3 is 2.59 bits per heavy atom. The molecule has 0 aliphatic rings. The molecule has 108 valence electrons. The largest absolute Gasteiger partial charge is 0.504 e. The van der Waals surface area contributed by atoms with Crippen molar-refractivity contribution in [2.75, 3.05) is 0 Å². The molecule has 0 saturated heterocycles. The fourth-order valence-electron chi connectivity index (χ4n) is 2.15. The quantitative estimate of drug-likeness (QED) is 0.724. The maximum Gasteiger partial charge on any atom is 0.169 e. The number of nitriles is 1. The summed E-state index contributed by atoms with van der Waals surface area (Å²) in [5, 5.41) is 20.3. The van der Waals surface area contributed by atoms with Crippen molar-refractivity contribution in [3.8, 4) is 23.3 Å². The molecule has 3 rings (SSSR count). The lowest BCUT2D eigenvalue weighted by Crippen LogP contribution is -1.89. The molecule has 3 aromatic carbocycles. The molecule has 0 aliphatic heterocycles. The van der Waals surface area contributed by atoms with Gasteiger partial charge >= 0.3 is 0 Å². The van der Waals surface area contributed by atoms with E-state index >= 15 is 0 Å². The molecule has 0 heterocycles. The Bertz CT molecular complexity index is 918. The number of phenols is 1. The lowest BCUT2D eigenvalue weighted by molar-refractivity contribution is 0.412. The van der Waals surface area contributed by atoms with Crippen LogP contribution in [0.4, 0.5) is 4.39 Å². The van der Waals surface area contributed by atoms with E-state index in [9.17, 15) is 9.50 Å². The molecule has 0 bridgehead atoms. The second-order valence-electron chi connectivity index (χ2n) is 4.67. The van der Waals surface area contributed by atoms with E-state index in [0.717, 1.165) is 0 Å². The van der Waals surface area contributed by atoms with Crippen molar-refractivity contribution in [2.45, 2.75) is 0 Å². The summed E-state index contributed by atoms with van der Waals surface area (Å²) < 4.78 is 19.4. The van der Waals surface area contributed by atoms with Crippen molar-refractivity contribution in [1.82, 2.24) is 0 Å². The standard InChI is InChI=1S/C17H9ClFNO2/c18-12-2-4-16(15(21)7-12)22-17-8-13(19)6-11-5-10(9-20)1-3-14(11)17/h1-8,21H. The van der Waals surface area contributed by atoms with Gasteiger partial charge in [0.25, 0.3) is 0 Å². The van der Waals surface area contributed by atoms with Crippen LogP contribution in [0.25, 0.3) is 10.8 Å². The molecule has 0 saturated carbocycles. The first kappa shape index (κ1) is 14.2. The summed E-state index contributed by atoms with van der Waals surface area (Å²) in [6.07, 6.45) is 0. The van der Waals surface area contributed by atoms with E-state index in [1.165, 1.54) is 24.3 Å². The average molecular weight is 314 g/mol. The molecule has 0 amide bonds. The van der Waals surface area contributed by atoms with E-state index in [1.54, 1.807) is 24.3 Å². The van der Waals surface area contributed by atoms with Gasteiger partial charge in [0.15, 0.2) is 11.5 Å². The number of halogens is 2. The molecule has 3 aromatic rings. The van der Waals surface area contributed by atoms with E-state index in [2.05, 4.69) is 0 Å². The molecule has 0 atom stereocenters.